The van der Waals surface area contributed by atoms with Crippen molar-refractivity contribution in [1.82, 2.24) is 10.2 Å². The molecule has 1 aliphatic rings. The molecule has 2 aromatic rings. The summed E-state index contributed by atoms with van der Waals surface area (Å²) in [5, 5.41) is 2.66. The van der Waals surface area contributed by atoms with Crippen LogP contribution in [-0.4, -0.2) is 30.4 Å². The molecule has 26 heavy (non-hydrogen) atoms. The highest BCUT2D eigenvalue weighted by atomic mass is 19.4. The Bertz CT molecular complexity index is 723. The molecule has 1 atom stereocenters. The number of hydrogen-bond acceptors (Lipinski definition) is 3. The predicted octanol–water partition coefficient (Wildman–Crippen LogP) is 4.26. The molecule has 1 aromatic heterocycles. The van der Waals surface area contributed by atoms with Crippen molar-refractivity contribution in [1.29, 1.82) is 0 Å². The molecule has 1 unspecified atom stereocenters. The first-order valence-electron chi connectivity index (χ1n) is 8.68. The zero-order chi connectivity index (χ0) is 18.6. The quantitative estimate of drug-likeness (QED) is 0.860. The second-order valence-electron chi connectivity index (χ2n) is 6.38. The molecule has 0 saturated carbocycles. The van der Waals surface area contributed by atoms with Crippen molar-refractivity contribution in [3.05, 3.63) is 59.5 Å². The first kappa shape index (κ1) is 18.5. The number of halogens is 3. The summed E-state index contributed by atoms with van der Waals surface area (Å²) in [6.07, 6.45) is 0.269. The molecule has 1 fully saturated rings. The Hall–Kier alpha value is -2.28. The number of amides is 1. The van der Waals surface area contributed by atoms with Gasteiger partial charge in [0.1, 0.15) is 5.76 Å². The second-order valence-corrected chi connectivity index (χ2v) is 6.38. The van der Waals surface area contributed by atoms with E-state index in [-0.39, 0.29) is 18.2 Å². The van der Waals surface area contributed by atoms with Crippen LogP contribution >= 0.6 is 0 Å². The normalized spacial score (nSPS) is 17.0. The fourth-order valence-electron chi connectivity index (χ4n) is 3.33. The Morgan fingerprint density at radius 1 is 1.12 bits per heavy atom. The molecule has 0 aliphatic carbocycles. The smallest absolute Gasteiger partial charge is 0.417 e. The summed E-state index contributed by atoms with van der Waals surface area (Å²) in [6, 6.07) is 8.23. The molecule has 0 bridgehead atoms. The van der Waals surface area contributed by atoms with Crippen molar-refractivity contribution in [2.24, 2.45) is 0 Å². The van der Waals surface area contributed by atoms with Crippen LogP contribution in [0, 0.1) is 0 Å². The highest BCUT2D eigenvalue weighted by Gasteiger charge is 2.35. The number of nitrogens with one attached hydrogen (secondary N) is 1. The molecule has 3 rings (SSSR count). The number of piperidine rings is 1. The van der Waals surface area contributed by atoms with Gasteiger partial charge in [-0.25, -0.2) is 0 Å². The molecule has 2 heterocycles. The lowest BCUT2D eigenvalue weighted by atomic mass is 10.0. The van der Waals surface area contributed by atoms with Crippen LogP contribution in [-0.2, 0) is 6.18 Å². The highest BCUT2D eigenvalue weighted by molar-refractivity contribution is 5.95. The monoisotopic (exact) mass is 366 g/mol. The molecule has 7 heteroatoms. The average molecular weight is 366 g/mol. The average Bonchev–Trinajstić information content (AvgIpc) is 3.16. The van der Waals surface area contributed by atoms with E-state index in [1.54, 1.807) is 12.3 Å². The van der Waals surface area contributed by atoms with Gasteiger partial charge in [-0.05, 0) is 50.2 Å². The van der Waals surface area contributed by atoms with E-state index in [9.17, 15) is 18.0 Å². The van der Waals surface area contributed by atoms with Gasteiger partial charge in [-0.2, -0.15) is 13.2 Å². The second kappa shape index (κ2) is 7.95. The highest BCUT2D eigenvalue weighted by Crippen LogP contribution is 2.32. The van der Waals surface area contributed by atoms with Crippen LogP contribution in [0.1, 0.15) is 47.0 Å². The van der Waals surface area contributed by atoms with Gasteiger partial charge in [0.15, 0.2) is 0 Å². The van der Waals surface area contributed by atoms with E-state index in [1.807, 2.05) is 6.07 Å². The summed E-state index contributed by atoms with van der Waals surface area (Å²) < 4.78 is 44.8. The van der Waals surface area contributed by atoms with Gasteiger partial charge in [-0.3, -0.25) is 9.69 Å². The summed E-state index contributed by atoms with van der Waals surface area (Å²) in [6.45, 7) is 1.94. The van der Waals surface area contributed by atoms with E-state index in [2.05, 4.69) is 10.2 Å². The summed E-state index contributed by atoms with van der Waals surface area (Å²) in [7, 11) is 0. The van der Waals surface area contributed by atoms with Crippen molar-refractivity contribution in [2.75, 3.05) is 19.6 Å². The van der Waals surface area contributed by atoms with Gasteiger partial charge < -0.3 is 9.73 Å². The Balaban J connectivity index is 1.74. The van der Waals surface area contributed by atoms with Gasteiger partial charge in [0.2, 0.25) is 0 Å². The van der Waals surface area contributed by atoms with Crippen molar-refractivity contribution in [3.63, 3.8) is 0 Å². The van der Waals surface area contributed by atoms with Gasteiger partial charge in [-0.15, -0.1) is 0 Å². The van der Waals surface area contributed by atoms with Crippen LogP contribution in [0.3, 0.4) is 0 Å². The van der Waals surface area contributed by atoms with Crippen molar-refractivity contribution in [3.8, 4) is 0 Å². The maximum Gasteiger partial charge on any atom is 0.417 e. The zero-order valence-electron chi connectivity index (χ0n) is 14.3. The minimum Gasteiger partial charge on any atom is -0.468 e. The van der Waals surface area contributed by atoms with Crippen molar-refractivity contribution in [2.45, 2.75) is 31.5 Å². The van der Waals surface area contributed by atoms with Gasteiger partial charge in [0, 0.05) is 6.54 Å². The van der Waals surface area contributed by atoms with Gasteiger partial charge in [0.25, 0.3) is 5.91 Å². The number of carbonyl (C=O) groups is 1. The standard InChI is InChI=1S/C19H21F3N2O2/c20-19(21,22)15-8-3-2-7-14(15)18(25)23-13-16(17-9-6-12-26-17)24-10-4-1-5-11-24/h2-3,6-9,12,16H,1,4-5,10-11,13H2,(H,23,25). The van der Waals surface area contributed by atoms with E-state index >= 15 is 0 Å². The number of rotatable bonds is 5. The fourth-order valence-corrected chi connectivity index (χ4v) is 3.33. The van der Waals surface area contributed by atoms with E-state index in [4.69, 9.17) is 4.42 Å². The molecule has 0 spiro atoms. The number of nitrogens with zero attached hydrogens (tertiary/aromatic N) is 1. The number of carbonyl (C=O) groups excluding carboxylic acids is 1. The molecule has 1 amide bonds. The molecule has 140 valence electrons. The number of likely N-dealkylation sites (tertiary alicyclic amines) is 1. The number of benzene rings is 1. The SMILES string of the molecule is O=C(NCC(c1ccco1)N1CCCCC1)c1ccccc1C(F)(F)F. The Labute approximate surface area is 150 Å². The lowest BCUT2D eigenvalue weighted by Gasteiger charge is -2.33. The van der Waals surface area contributed by atoms with E-state index in [0.717, 1.165) is 38.4 Å². The van der Waals surface area contributed by atoms with Gasteiger partial charge in [0.05, 0.1) is 23.4 Å². The van der Waals surface area contributed by atoms with Crippen molar-refractivity contribution < 1.29 is 22.4 Å². The van der Waals surface area contributed by atoms with Crippen molar-refractivity contribution >= 4 is 5.91 Å². The molecular weight excluding hydrogens is 345 g/mol. The molecule has 1 aromatic carbocycles. The largest absolute Gasteiger partial charge is 0.468 e. The van der Waals surface area contributed by atoms with Crippen LogP contribution < -0.4 is 5.32 Å². The third-order valence-corrected chi connectivity index (χ3v) is 4.64. The van der Waals surface area contributed by atoms with Gasteiger partial charge >= 0.3 is 6.18 Å². The summed E-state index contributed by atoms with van der Waals surface area (Å²) >= 11 is 0. The molecule has 1 N–H and O–H groups in total. The number of hydrogen-bond donors (Lipinski definition) is 1. The topological polar surface area (TPSA) is 45.5 Å². The van der Waals surface area contributed by atoms with E-state index < -0.39 is 17.6 Å². The summed E-state index contributed by atoms with van der Waals surface area (Å²) in [5.74, 6) is -0.0252. The minimum absolute atomic E-state index is 0.188. The molecule has 0 radical (unpaired) electrons. The van der Waals surface area contributed by atoms with Crippen LogP contribution in [0.4, 0.5) is 13.2 Å². The van der Waals surface area contributed by atoms with Crippen LogP contribution in [0.2, 0.25) is 0 Å². The van der Waals surface area contributed by atoms with Crippen LogP contribution in [0.25, 0.3) is 0 Å². The first-order chi connectivity index (χ1) is 12.5. The summed E-state index contributed by atoms with van der Waals surface area (Å²) in [4.78, 5) is 14.6. The Kier molecular flexibility index (Phi) is 5.66. The van der Waals surface area contributed by atoms with Crippen LogP contribution in [0.15, 0.2) is 47.1 Å². The summed E-state index contributed by atoms with van der Waals surface area (Å²) in [5.41, 5.74) is -1.29. The molecule has 1 aliphatic heterocycles. The van der Waals surface area contributed by atoms with E-state index in [1.165, 1.54) is 18.2 Å². The third-order valence-electron chi connectivity index (χ3n) is 4.64. The van der Waals surface area contributed by atoms with Crippen LogP contribution in [0.5, 0.6) is 0 Å². The lowest BCUT2D eigenvalue weighted by Crippen LogP contribution is -2.40. The molecule has 1 saturated heterocycles. The number of furan rings is 1. The number of alkyl halides is 3. The Morgan fingerprint density at radius 3 is 2.50 bits per heavy atom. The third kappa shape index (κ3) is 4.27. The lowest BCUT2D eigenvalue weighted by molar-refractivity contribution is -0.137. The first-order valence-corrected chi connectivity index (χ1v) is 8.68. The minimum atomic E-state index is -4.57. The van der Waals surface area contributed by atoms with Gasteiger partial charge in [-0.1, -0.05) is 18.6 Å². The maximum atomic E-state index is 13.1. The predicted molar refractivity (Wildman–Crippen MR) is 90.7 cm³/mol. The zero-order valence-corrected chi connectivity index (χ0v) is 14.3. The Morgan fingerprint density at radius 2 is 1.85 bits per heavy atom. The van der Waals surface area contributed by atoms with E-state index in [0.29, 0.717) is 5.76 Å². The molecular formula is C19H21F3N2O2. The molecule has 4 nitrogen and oxygen atoms in total. The maximum absolute atomic E-state index is 13.1. The fraction of sp³-hybridized carbons (Fsp3) is 0.421.